The SMILES string of the molecule is Cl.[2H]C([2H])([2H])[N+]1([O-])[C@H]2CC[C@@H]1C(C(=O)OC)C(OC(=O)c1ccccc1)C2. The highest BCUT2D eigenvalue weighted by Gasteiger charge is 2.57. The molecular formula is C17H22ClNO5. The molecule has 6 nitrogen and oxygen atoms in total. The molecule has 1 aromatic rings. The molecule has 132 valence electrons. The van der Waals surface area contributed by atoms with Crippen LogP contribution >= 0.6 is 12.4 Å². The van der Waals surface area contributed by atoms with Crippen molar-refractivity contribution in [2.75, 3.05) is 14.1 Å². The van der Waals surface area contributed by atoms with Crippen molar-refractivity contribution in [3.63, 3.8) is 0 Å². The van der Waals surface area contributed by atoms with Crippen LogP contribution in [-0.4, -0.2) is 48.9 Å². The molecule has 7 heteroatoms. The average molecular weight is 359 g/mol. The van der Waals surface area contributed by atoms with Gasteiger partial charge in [0.2, 0.25) is 0 Å². The van der Waals surface area contributed by atoms with E-state index in [-0.39, 0.29) is 25.2 Å². The van der Waals surface area contributed by atoms with Gasteiger partial charge in [0, 0.05) is 19.3 Å². The van der Waals surface area contributed by atoms with E-state index in [2.05, 4.69) is 0 Å². The number of esters is 2. The van der Waals surface area contributed by atoms with E-state index >= 15 is 0 Å². The van der Waals surface area contributed by atoms with E-state index in [1.165, 1.54) is 7.11 Å². The molecule has 2 saturated heterocycles. The molecule has 0 N–H and O–H groups in total. The Hall–Kier alpha value is -1.63. The zero-order chi connectivity index (χ0) is 19.1. The predicted octanol–water partition coefficient (Wildman–Crippen LogP) is 2.30. The van der Waals surface area contributed by atoms with E-state index in [1.54, 1.807) is 30.3 Å². The number of halogens is 1. The summed E-state index contributed by atoms with van der Waals surface area (Å²) in [6.45, 7) is -2.80. The Balaban J connectivity index is 0.00000261. The van der Waals surface area contributed by atoms with Crippen molar-refractivity contribution in [3.8, 4) is 0 Å². The van der Waals surface area contributed by atoms with Crippen LogP contribution in [-0.2, 0) is 14.3 Å². The number of rotatable bonds is 3. The van der Waals surface area contributed by atoms with Gasteiger partial charge >= 0.3 is 11.9 Å². The van der Waals surface area contributed by atoms with E-state index in [4.69, 9.17) is 13.6 Å². The summed E-state index contributed by atoms with van der Waals surface area (Å²) in [6.07, 6.45) is -0.197. The Bertz CT molecular complexity index is 702. The fraction of sp³-hybridized carbons (Fsp3) is 0.529. The van der Waals surface area contributed by atoms with Crippen molar-refractivity contribution >= 4 is 24.3 Å². The normalized spacial score (nSPS) is 36.5. The second-order valence-corrected chi connectivity index (χ2v) is 6.10. The molecule has 2 bridgehead atoms. The van der Waals surface area contributed by atoms with E-state index in [1.807, 2.05) is 0 Å². The van der Waals surface area contributed by atoms with E-state index in [0.29, 0.717) is 12.0 Å². The zero-order valence-electron chi connectivity index (χ0n) is 16.2. The lowest BCUT2D eigenvalue weighted by Crippen LogP contribution is -2.61. The molecule has 1 aromatic carbocycles. The van der Waals surface area contributed by atoms with Crippen LogP contribution in [0.1, 0.15) is 33.7 Å². The largest absolute Gasteiger partial charge is 0.633 e. The van der Waals surface area contributed by atoms with Crippen LogP contribution in [0.15, 0.2) is 30.3 Å². The topological polar surface area (TPSA) is 75.7 Å². The third-order valence-electron chi connectivity index (χ3n) is 4.89. The van der Waals surface area contributed by atoms with Gasteiger partial charge in [-0.25, -0.2) is 4.79 Å². The van der Waals surface area contributed by atoms with E-state index in [9.17, 15) is 14.8 Å². The van der Waals surface area contributed by atoms with Crippen LogP contribution < -0.4 is 0 Å². The van der Waals surface area contributed by atoms with Crippen molar-refractivity contribution in [1.82, 2.24) is 0 Å². The van der Waals surface area contributed by atoms with Gasteiger partial charge in [0.05, 0.1) is 29.8 Å². The molecule has 0 spiro atoms. The van der Waals surface area contributed by atoms with Crippen LogP contribution in [0, 0.1) is 11.1 Å². The fourth-order valence-electron chi connectivity index (χ4n) is 3.72. The summed E-state index contributed by atoms with van der Waals surface area (Å²) in [5.74, 6) is -2.42. The highest BCUT2D eigenvalue weighted by molar-refractivity contribution is 5.89. The van der Waals surface area contributed by atoms with Gasteiger partial charge in [-0.3, -0.25) is 4.79 Å². The number of methoxy groups -OCH3 is 1. The number of benzene rings is 1. The molecule has 2 aliphatic rings. The number of ether oxygens (including phenoxy) is 2. The molecule has 0 aliphatic carbocycles. The Morgan fingerprint density at radius 3 is 2.62 bits per heavy atom. The Morgan fingerprint density at radius 1 is 1.29 bits per heavy atom. The molecule has 3 rings (SSSR count). The van der Waals surface area contributed by atoms with Gasteiger partial charge in [-0.15, -0.1) is 12.4 Å². The molecule has 2 heterocycles. The fourth-order valence-corrected chi connectivity index (χ4v) is 3.72. The maximum Gasteiger partial charge on any atom is 0.338 e. The van der Waals surface area contributed by atoms with Gasteiger partial charge in [-0.1, -0.05) is 18.2 Å². The number of piperidine rings is 1. The van der Waals surface area contributed by atoms with Gasteiger partial charge in [0.25, 0.3) is 0 Å². The van der Waals surface area contributed by atoms with Gasteiger partial charge in [0.1, 0.15) is 18.1 Å². The first-order chi connectivity index (χ1) is 12.2. The third kappa shape index (κ3) is 3.14. The average Bonchev–Trinajstić information content (AvgIpc) is 2.81. The number of hydrogen-bond acceptors (Lipinski definition) is 5. The van der Waals surface area contributed by atoms with Crippen LogP contribution in [0.2, 0.25) is 0 Å². The van der Waals surface area contributed by atoms with E-state index < -0.39 is 47.7 Å². The minimum absolute atomic E-state index is 0. The number of carbonyl (C=O) groups excluding carboxylic acids is 2. The first-order valence-corrected chi connectivity index (χ1v) is 7.63. The minimum Gasteiger partial charge on any atom is -0.633 e. The van der Waals surface area contributed by atoms with Crippen molar-refractivity contribution in [2.45, 2.75) is 37.5 Å². The summed E-state index contributed by atoms with van der Waals surface area (Å²) in [6, 6.07) is 6.56. The number of quaternary nitrogens is 1. The number of carbonyl (C=O) groups is 2. The zero-order valence-corrected chi connectivity index (χ0v) is 14.0. The van der Waals surface area contributed by atoms with Gasteiger partial charge < -0.3 is 19.3 Å². The second kappa shape index (κ2) is 7.09. The Morgan fingerprint density at radius 2 is 2.00 bits per heavy atom. The van der Waals surface area contributed by atoms with Crippen LogP contribution in [0.4, 0.5) is 0 Å². The maximum absolute atomic E-state index is 13.2. The molecule has 0 radical (unpaired) electrons. The standard InChI is InChI=1S/C17H21NO5.ClH/c1-18(21)12-8-9-13(18)15(17(20)22-2)14(10-12)23-16(19)11-6-4-3-5-7-11;/h3-7,12-15H,8-10H2,1-2H3;1H/t12-,13+,14?,15?,18?;/m0./s1/i1D3;. The lowest BCUT2D eigenvalue weighted by Gasteiger charge is -2.52. The van der Waals surface area contributed by atoms with Crippen molar-refractivity contribution in [2.24, 2.45) is 5.92 Å². The molecule has 3 unspecified atom stereocenters. The van der Waals surface area contributed by atoms with Crippen molar-refractivity contribution in [1.29, 1.82) is 0 Å². The molecule has 2 aliphatic heterocycles. The summed E-state index contributed by atoms with van der Waals surface area (Å²) in [4.78, 5) is 24.7. The first-order valence-electron chi connectivity index (χ1n) is 9.13. The lowest BCUT2D eigenvalue weighted by molar-refractivity contribution is -0.906. The van der Waals surface area contributed by atoms with Crippen LogP contribution in [0.3, 0.4) is 0 Å². The summed E-state index contributed by atoms with van der Waals surface area (Å²) >= 11 is 0. The highest BCUT2D eigenvalue weighted by Crippen LogP contribution is 2.45. The lowest BCUT2D eigenvalue weighted by atomic mass is 9.87. The second-order valence-electron chi connectivity index (χ2n) is 6.10. The molecule has 5 atom stereocenters. The molecule has 2 fully saturated rings. The minimum atomic E-state index is -2.80. The Labute approximate surface area is 151 Å². The van der Waals surface area contributed by atoms with Crippen LogP contribution in [0.5, 0.6) is 0 Å². The quantitative estimate of drug-likeness (QED) is 0.471. The van der Waals surface area contributed by atoms with Crippen molar-refractivity contribution < 1.29 is 27.8 Å². The third-order valence-corrected chi connectivity index (χ3v) is 4.89. The number of fused-ring (bicyclic) bond motifs is 2. The smallest absolute Gasteiger partial charge is 0.338 e. The summed E-state index contributed by atoms with van der Waals surface area (Å²) in [7, 11) is 1.17. The first kappa shape index (κ1) is 14.7. The molecule has 0 amide bonds. The van der Waals surface area contributed by atoms with Crippen LogP contribution in [0.25, 0.3) is 0 Å². The maximum atomic E-state index is 13.2. The summed E-state index contributed by atoms with van der Waals surface area (Å²) in [5.41, 5.74) is 0.327. The van der Waals surface area contributed by atoms with Crippen molar-refractivity contribution in [3.05, 3.63) is 41.1 Å². The Kier molecular flexibility index (Phi) is 4.34. The van der Waals surface area contributed by atoms with Gasteiger partial charge in [-0.05, 0) is 12.1 Å². The van der Waals surface area contributed by atoms with Gasteiger partial charge in [-0.2, -0.15) is 0 Å². The highest BCUT2D eigenvalue weighted by atomic mass is 35.5. The molecule has 0 saturated carbocycles. The predicted molar refractivity (Wildman–Crippen MR) is 89.4 cm³/mol. The van der Waals surface area contributed by atoms with E-state index in [0.717, 1.165) is 0 Å². The molecule has 24 heavy (non-hydrogen) atoms. The summed E-state index contributed by atoms with van der Waals surface area (Å²) in [5, 5.41) is 13.2. The molecular weight excluding hydrogens is 334 g/mol. The summed E-state index contributed by atoms with van der Waals surface area (Å²) < 4.78 is 32.0. The number of hydrogen-bond donors (Lipinski definition) is 0. The number of nitrogens with zero attached hydrogens (tertiary/aromatic N) is 1. The monoisotopic (exact) mass is 358 g/mol. The van der Waals surface area contributed by atoms with Gasteiger partial charge in [0.15, 0.2) is 0 Å². The molecule has 0 aromatic heterocycles. The number of hydroxylamine groups is 3.